The zero-order valence-corrected chi connectivity index (χ0v) is 6.73. The van der Waals surface area contributed by atoms with E-state index in [1.807, 2.05) is 12.1 Å². The lowest BCUT2D eigenvalue weighted by atomic mass is 10.2. The molecule has 0 unspecified atom stereocenters. The Labute approximate surface area is 74.4 Å². The highest BCUT2D eigenvalue weighted by Gasteiger charge is 2.09. The molecule has 3 rings (SSSR count). The van der Waals surface area contributed by atoms with Crippen molar-refractivity contribution in [2.45, 2.75) is 0 Å². The fraction of sp³-hybridized carbons (Fsp3) is 0. The van der Waals surface area contributed by atoms with Crippen LogP contribution in [0.5, 0.6) is 0 Å². The molecule has 0 aliphatic carbocycles. The van der Waals surface area contributed by atoms with Gasteiger partial charge < -0.3 is 5.32 Å². The van der Waals surface area contributed by atoms with E-state index in [-0.39, 0.29) is 0 Å². The number of aliphatic imine (C=N–C) groups is 1. The Morgan fingerprint density at radius 2 is 2.00 bits per heavy atom. The number of hydrogen-bond donors (Lipinski definition) is 1. The van der Waals surface area contributed by atoms with E-state index in [1.165, 1.54) is 0 Å². The van der Waals surface area contributed by atoms with Gasteiger partial charge in [0.15, 0.2) is 5.82 Å². The normalized spacial score (nSPS) is 12.9. The van der Waals surface area contributed by atoms with Crippen molar-refractivity contribution in [2.75, 3.05) is 5.32 Å². The van der Waals surface area contributed by atoms with Gasteiger partial charge in [0, 0.05) is 12.4 Å². The first kappa shape index (κ1) is 6.54. The van der Waals surface area contributed by atoms with Gasteiger partial charge in [-0.2, -0.15) is 0 Å². The summed E-state index contributed by atoms with van der Waals surface area (Å²) < 4.78 is 0. The minimum Gasteiger partial charge on any atom is -0.346 e. The van der Waals surface area contributed by atoms with Crippen molar-refractivity contribution in [1.29, 1.82) is 0 Å². The van der Waals surface area contributed by atoms with Gasteiger partial charge in [-0.3, -0.25) is 4.98 Å². The van der Waals surface area contributed by atoms with Crippen LogP contribution >= 0.6 is 0 Å². The lowest BCUT2D eigenvalue weighted by molar-refractivity contribution is 1.28. The zero-order valence-electron chi connectivity index (χ0n) is 6.73. The van der Waals surface area contributed by atoms with Crippen LogP contribution in [0.4, 0.5) is 11.5 Å². The molecule has 13 heavy (non-hydrogen) atoms. The number of pyridine rings is 2. The van der Waals surface area contributed by atoms with E-state index >= 15 is 0 Å². The second-order valence-electron chi connectivity index (χ2n) is 2.79. The van der Waals surface area contributed by atoms with E-state index in [4.69, 9.17) is 0 Å². The van der Waals surface area contributed by atoms with Crippen LogP contribution in [-0.2, 0) is 0 Å². The summed E-state index contributed by atoms with van der Waals surface area (Å²) in [6, 6.07) is 3.80. The summed E-state index contributed by atoms with van der Waals surface area (Å²) in [4.78, 5) is 12.5. The number of nitrogens with one attached hydrogen (secondary N) is 1. The summed E-state index contributed by atoms with van der Waals surface area (Å²) in [5.74, 6) is 0.736. The highest BCUT2D eigenvalue weighted by atomic mass is 15.0. The first-order valence-corrected chi connectivity index (χ1v) is 3.98. The Morgan fingerprint density at radius 1 is 1.08 bits per heavy atom. The maximum absolute atomic E-state index is 4.23. The van der Waals surface area contributed by atoms with Crippen LogP contribution in [0.3, 0.4) is 0 Å². The van der Waals surface area contributed by atoms with E-state index in [0.29, 0.717) is 0 Å². The molecule has 0 amide bonds. The highest BCUT2D eigenvalue weighted by molar-refractivity contribution is 6.05. The molecule has 1 N–H and O–H groups in total. The molecule has 0 radical (unpaired) electrons. The van der Waals surface area contributed by atoms with E-state index in [9.17, 15) is 0 Å². The number of nitrogens with zero attached hydrogens (tertiary/aromatic N) is 3. The van der Waals surface area contributed by atoms with Crippen LogP contribution in [0.1, 0.15) is 0 Å². The fourth-order valence-electron chi connectivity index (χ4n) is 1.46. The van der Waals surface area contributed by atoms with Gasteiger partial charge in [-0.15, -0.1) is 0 Å². The number of rotatable bonds is 0. The average Bonchev–Trinajstić information content (AvgIpc) is 2.19. The Kier molecular flexibility index (Phi) is 1.14. The molecule has 0 aromatic carbocycles. The molecule has 2 aromatic rings. The molecule has 0 saturated heterocycles. The Hall–Kier alpha value is -1.97. The molecular formula is C9H6N4. The summed E-state index contributed by atoms with van der Waals surface area (Å²) in [6.45, 7) is 0. The number of hydrogen-bond acceptors (Lipinski definition) is 4. The Balaban J connectivity index is 2.56. The summed E-state index contributed by atoms with van der Waals surface area (Å²) in [5, 5.41) is 4.05. The van der Waals surface area contributed by atoms with Gasteiger partial charge in [0.05, 0.1) is 22.9 Å². The Bertz CT molecular complexity index is 499. The third-order valence-corrected chi connectivity index (χ3v) is 2.04. The van der Waals surface area contributed by atoms with Gasteiger partial charge in [0.1, 0.15) is 0 Å². The second kappa shape index (κ2) is 2.26. The fourth-order valence-corrected chi connectivity index (χ4v) is 1.46. The predicted molar refractivity (Wildman–Crippen MR) is 51.3 cm³/mol. The monoisotopic (exact) mass is 170 g/mol. The summed E-state index contributed by atoms with van der Waals surface area (Å²) in [5.41, 5.74) is 1.94. The van der Waals surface area contributed by atoms with E-state index in [1.54, 1.807) is 18.7 Å². The van der Waals surface area contributed by atoms with Gasteiger partial charge in [-0.1, -0.05) is 0 Å². The Morgan fingerprint density at radius 3 is 3.00 bits per heavy atom. The molecule has 3 heterocycles. The van der Waals surface area contributed by atoms with Gasteiger partial charge in [-0.25, -0.2) is 9.98 Å². The molecule has 0 atom stereocenters. The zero-order chi connectivity index (χ0) is 8.67. The average molecular weight is 170 g/mol. The van der Waals surface area contributed by atoms with Crippen molar-refractivity contribution in [1.82, 2.24) is 9.97 Å². The van der Waals surface area contributed by atoms with Crippen LogP contribution in [0.2, 0.25) is 0 Å². The van der Waals surface area contributed by atoms with Crippen LogP contribution < -0.4 is 5.32 Å². The van der Waals surface area contributed by atoms with Crippen molar-refractivity contribution in [3.63, 3.8) is 0 Å². The van der Waals surface area contributed by atoms with Crippen LogP contribution in [0.25, 0.3) is 10.9 Å². The van der Waals surface area contributed by atoms with Gasteiger partial charge in [0.2, 0.25) is 0 Å². The summed E-state index contributed by atoms with van der Waals surface area (Å²) in [7, 11) is 0. The molecule has 0 fully saturated rings. The first-order valence-electron chi connectivity index (χ1n) is 3.98. The predicted octanol–water partition coefficient (Wildman–Crippen LogP) is 1.72. The lowest BCUT2D eigenvalue weighted by Crippen LogP contribution is -2.01. The highest BCUT2D eigenvalue weighted by Crippen LogP contribution is 2.30. The quantitative estimate of drug-likeness (QED) is 0.654. The molecule has 1 aliphatic heterocycles. The maximum Gasteiger partial charge on any atom is 0.165 e. The smallest absolute Gasteiger partial charge is 0.165 e. The summed E-state index contributed by atoms with van der Waals surface area (Å²) >= 11 is 0. The standard InChI is InChI=1S/C9H6N4/c1-3-10-6-2-4-11-9-8(6)7(1)12-5-13-9/h1-5H,(H,11,12,13). The largest absolute Gasteiger partial charge is 0.346 e. The molecular weight excluding hydrogens is 164 g/mol. The third kappa shape index (κ3) is 0.823. The summed E-state index contributed by atoms with van der Waals surface area (Å²) in [6.07, 6.45) is 5.13. The van der Waals surface area contributed by atoms with Crippen molar-refractivity contribution in [3.05, 3.63) is 24.5 Å². The van der Waals surface area contributed by atoms with Crippen molar-refractivity contribution in [2.24, 2.45) is 4.99 Å². The molecule has 2 aromatic heterocycles. The topological polar surface area (TPSA) is 50.2 Å². The molecule has 4 nitrogen and oxygen atoms in total. The van der Waals surface area contributed by atoms with Crippen molar-refractivity contribution in [3.8, 4) is 0 Å². The van der Waals surface area contributed by atoms with Gasteiger partial charge in [-0.05, 0) is 12.1 Å². The van der Waals surface area contributed by atoms with Crippen molar-refractivity contribution < 1.29 is 0 Å². The van der Waals surface area contributed by atoms with Gasteiger partial charge in [0.25, 0.3) is 0 Å². The molecule has 62 valence electrons. The van der Waals surface area contributed by atoms with Crippen molar-refractivity contribution >= 4 is 28.7 Å². The lowest BCUT2D eigenvalue weighted by Gasteiger charge is -2.10. The molecule has 0 bridgehead atoms. The van der Waals surface area contributed by atoms with Gasteiger partial charge >= 0.3 is 0 Å². The second-order valence-corrected chi connectivity index (χ2v) is 2.79. The first-order chi connectivity index (χ1) is 6.45. The minimum atomic E-state index is 0.736. The molecule has 1 aliphatic rings. The van der Waals surface area contributed by atoms with Crippen LogP contribution in [0, 0.1) is 0 Å². The van der Waals surface area contributed by atoms with Crippen LogP contribution in [-0.4, -0.2) is 16.3 Å². The minimum absolute atomic E-state index is 0.736. The van der Waals surface area contributed by atoms with Crippen LogP contribution in [0.15, 0.2) is 29.5 Å². The number of anilines is 1. The third-order valence-electron chi connectivity index (χ3n) is 2.04. The molecule has 4 heteroatoms. The molecule has 0 spiro atoms. The molecule has 0 saturated carbocycles. The van der Waals surface area contributed by atoms with E-state index in [0.717, 1.165) is 22.4 Å². The SMILES string of the molecule is C1=Nc2nccc3nccc(c23)N1. The maximum atomic E-state index is 4.23. The van der Waals surface area contributed by atoms with E-state index in [2.05, 4.69) is 20.3 Å². The number of aromatic nitrogens is 2. The van der Waals surface area contributed by atoms with E-state index < -0.39 is 0 Å².